The molecule has 0 atom stereocenters. The molecule has 1 aromatic heterocycles. The molecule has 78 valence electrons. The molecule has 0 saturated carbocycles. The maximum absolute atomic E-state index is 12.8. The Bertz CT molecular complexity index is 440. The number of halogens is 1. The Labute approximate surface area is 93.4 Å². The molecule has 2 rings (SSSR count). The van der Waals surface area contributed by atoms with Gasteiger partial charge in [0.25, 0.3) is 0 Å². The van der Waals surface area contributed by atoms with Gasteiger partial charge in [-0.3, -0.25) is 0 Å². The summed E-state index contributed by atoms with van der Waals surface area (Å²) in [5, 5.41) is 1.53. The van der Waals surface area contributed by atoms with E-state index in [0.717, 1.165) is 10.4 Å². The van der Waals surface area contributed by atoms with Crippen molar-refractivity contribution in [1.29, 1.82) is 0 Å². The van der Waals surface area contributed by atoms with Gasteiger partial charge in [-0.15, -0.1) is 11.3 Å². The topological polar surface area (TPSA) is 0 Å². The average Bonchev–Trinajstić information content (AvgIpc) is 2.65. The summed E-state index contributed by atoms with van der Waals surface area (Å²) in [5.74, 6) is 0.391. The highest BCUT2D eigenvalue weighted by molar-refractivity contribution is 7.13. The molecule has 0 spiro atoms. The summed E-state index contributed by atoms with van der Waals surface area (Å²) in [5.41, 5.74) is 2.41. The van der Waals surface area contributed by atoms with Crippen LogP contribution in [0.25, 0.3) is 10.4 Å². The Balaban J connectivity index is 2.31. The number of rotatable bonds is 2. The summed E-state index contributed by atoms with van der Waals surface area (Å²) in [6.07, 6.45) is 0. The molecule has 2 aromatic rings. The van der Waals surface area contributed by atoms with Gasteiger partial charge in [0.2, 0.25) is 0 Å². The first kappa shape index (κ1) is 10.4. The fourth-order valence-corrected chi connectivity index (χ4v) is 2.26. The summed E-state index contributed by atoms with van der Waals surface area (Å²) in [6.45, 7) is 4.33. The van der Waals surface area contributed by atoms with Crippen molar-refractivity contribution in [3.05, 3.63) is 47.1 Å². The van der Waals surface area contributed by atoms with Gasteiger partial charge in [0, 0.05) is 10.3 Å². The molecule has 1 heterocycles. The molecule has 0 aliphatic rings. The SMILES string of the molecule is CC(C)c1ccc(-c2cc(F)cs2)cc1. The lowest BCUT2D eigenvalue weighted by atomic mass is 10.0. The molecule has 0 aliphatic carbocycles. The van der Waals surface area contributed by atoms with Crippen LogP contribution in [0.4, 0.5) is 4.39 Å². The Morgan fingerprint density at radius 2 is 1.80 bits per heavy atom. The predicted molar refractivity (Wildman–Crippen MR) is 63.8 cm³/mol. The van der Waals surface area contributed by atoms with E-state index in [1.54, 1.807) is 6.07 Å². The monoisotopic (exact) mass is 220 g/mol. The maximum Gasteiger partial charge on any atom is 0.134 e. The molecule has 1 aromatic carbocycles. The number of hydrogen-bond donors (Lipinski definition) is 0. The van der Waals surface area contributed by atoms with Gasteiger partial charge in [-0.05, 0) is 23.1 Å². The van der Waals surface area contributed by atoms with Crippen molar-refractivity contribution >= 4 is 11.3 Å². The first-order valence-corrected chi connectivity index (χ1v) is 5.89. The highest BCUT2D eigenvalue weighted by atomic mass is 32.1. The molecule has 0 saturated heterocycles. The smallest absolute Gasteiger partial charge is 0.134 e. The molecule has 0 N–H and O–H groups in total. The van der Waals surface area contributed by atoms with Crippen LogP contribution in [0.3, 0.4) is 0 Å². The molecule has 0 amide bonds. The fraction of sp³-hybridized carbons (Fsp3) is 0.231. The second-order valence-corrected chi connectivity index (χ2v) is 4.82. The fourth-order valence-electron chi connectivity index (χ4n) is 1.50. The maximum atomic E-state index is 12.8. The zero-order chi connectivity index (χ0) is 10.8. The van der Waals surface area contributed by atoms with E-state index in [-0.39, 0.29) is 5.82 Å². The molecular formula is C13H13FS. The molecule has 0 aliphatic heterocycles. The van der Waals surface area contributed by atoms with Crippen molar-refractivity contribution in [1.82, 2.24) is 0 Å². The lowest BCUT2D eigenvalue weighted by Crippen LogP contribution is -1.85. The molecule has 0 bridgehead atoms. The van der Waals surface area contributed by atoms with Crippen LogP contribution in [0.1, 0.15) is 25.3 Å². The van der Waals surface area contributed by atoms with E-state index in [9.17, 15) is 4.39 Å². The van der Waals surface area contributed by atoms with Gasteiger partial charge in [0.1, 0.15) is 5.82 Å². The lowest BCUT2D eigenvalue weighted by Gasteiger charge is -2.05. The summed E-state index contributed by atoms with van der Waals surface area (Å²) in [6, 6.07) is 9.91. The van der Waals surface area contributed by atoms with Crippen LogP contribution < -0.4 is 0 Å². The van der Waals surface area contributed by atoms with Crippen molar-refractivity contribution in [3.8, 4) is 10.4 Å². The molecule has 15 heavy (non-hydrogen) atoms. The Morgan fingerprint density at radius 3 is 2.27 bits per heavy atom. The van der Waals surface area contributed by atoms with E-state index in [2.05, 4.69) is 38.1 Å². The largest absolute Gasteiger partial charge is 0.206 e. The lowest BCUT2D eigenvalue weighted by molar-refractivity contribution is 0.633. The quantitative estimate of drug-likeness (QED) is 0.689. The first-order valence-electron chi connectivity index (χ1n) is 5.01. The number of benzene rings is 1. The Kier molecular flexibility index (Phi) is 2.87. The molecule has 0 nitrogen and oxygen atoms in total. The second kappa shape index (κ2) is 4.15. The van der Waals surface area contributed by atoms with Crippen LogP contribution in [-0.4, -0.2) is 0 Å². The van der Waals surface area contributed by atoms with Crippen LogP contribution in [0.15, 0.2) is 35.7 Å². The number of hydrogen-bond acceptors (Lipinski definition) is 1. The van der Waals surface area contributed by atoms with Gasteiger partial charge in [-0.25, -0.2) is 4.39 Å². The standard InChI is InChI=1S/C13H13FS/c1-9(2)10-3-5-11(6-4-10)13-7-12(14)8-15-13/h3-9H,1-2H3. The average molecular weight is 220 g/mol. The highest BCUT2D eigenvalue weighted by Gasteiger charge is 2.03. The van der Waals surface area contributed by atoms with Crippen molar-refractivity contribution in [2.45, 2.75) is 19.8 Å². The normalized spacial score (nSPS) is 10.9. The van der Waals surface area contributed by atoms with E-state index in [4.69, 9.17) is 0 Å². The van der Waals surface area contributed by atoms with Crippen molar-refractivity contribution < 1.29 is 4.39 Å². The molecule has 2 heteroatoms. The van der Waals surface area contributed by atoms with Gasteiger partial charge in [-0.2, -0.15) is 0 Å². The van der Waals surface area contributed by atoms with Crippen LogP contribution in [0, 0.1) is 5.82 Å². The second-order valence-electron chi connectivity index (χ2n) is 3.91. The number of thiophene rings is 1. The predicted octanol–water partition coefficient (Wildman–Crippen LogP) is 4.68. The summed E-state index contributed by atoms with van der Waals surface area (Å²) < 4.78 is 12.8. The van der Waals surface area contributed by atoms with E-state index in [1.165, 1.54) is 22.3 Å². The van der Waals surface area contributed by atoms with E-state index in [1.807, 2.05) is 0 Å². The van der Waals surface area contributed by atoms with Gasteiger partial charge in [-0.1, -0.05) is 38.1 Å². The summed E-state index contributed by atoms with van der Waals surface area (Å²) >= 11 is 1.44. The molecule has 0 unspecified atom stereocenters. The van der Waals surface area contributed by atoms with E-state index >= 15 is 0 Å². The summed E-state index contributed by atoms with van der Waals surface area (Å²) in [7, 11) is 0. The molecule has 0 radical (unpaired) electrons. The van der Waals surface area contributed by atoms with Crippen LogP contribution in [0.2, 0.25) is 0 Å². The van der Waals surface area contributed by atoms with Crippen molar-refractivity contribution in [3.63, 3.8) is 0 Å². The summed E-state index contributed by atoms with van der Waals surface area (Å²) in [4.78, 5) is 0.989. The van der Waals surface area contributed by atoms with E-state index in [0.29, 0.717) is 5.92 Å². The zero-order valence-corrected chi connectivity index (χ0v) is 9.64. The van der Waals surface area contributed by atoms with Gasteiger partial charge in [0.05, 0.1) is 0 Å². The third kappa shape index (κ3) is 2.26. The third-order valence-electron chi connectivity index (χ3n) is 2.43. The van der Waals surface area contributed by atoms with Crippen molar-refractivity contribution in [2.24, 2.45) is 0 Å². The minimum absolute atomic E-state index is 0.150. The zero-order valence-electron chi connectivity index (χ0n) is 8.83. The Morgan fingerprint density at radius 1 is 1.13 bits per heavy atom. The van der Waals surface area contributed by atoms with Crippen LogP contribution >= 0.6 is 11.3 Å². The minimum Gasteiger partial charge on any atom is -0.206 e. The highest BCUT2D eigenvalue weighted by Crippen LogP contribution is 2.27. The molecule has 0 fully saturated rings. The van der Waals surface area contributed by atoms with E-state index < -0.39 is 0 Å². The van der Waals surface area contributed by atoms with Crippen molar-refractivity contribution in [2.75, 3.05) is 0 Å². The third-order valence-corrected chi connectivity index (χ3v) is 3.38. The van der Waals surface area contributed by atoms with Gasteiger partial charge < -0.3 is 0 Å². The molecular weight excluding hydrogens is 207 g/mol. The van der Waals surface area contributed by atoms with Crippen LogP contribution in [0.5, 0.6) is 0 Å². The van der Waals surface area contributed by atoms with Crippen LogP contribution in [-0.2, 0) is 0 Å². The first-order chi connectivity index (χ1) is 7.16. The van der Waals surface area contributed by atoms with Gasteiger partial charge >= 0.3 is 0 Å². The van der Waals surface area contributed by atoms with Gasteiger partial charge in [0.15, 0.2) is 0 Å². The Hall–Kier alpha value is -1.15. The minimum atomic E-state index is -0.150.